The van der Waals surface area contributed by atoms with Crippen LogP contribution >= 0.6 is 0 Å². The number of aliphatic carboxylic acids is 1. The number of ether oxygens (including phenoxy) is 1. The maximum Gasteiger partial charge on any atom is 0.352 e. The molecule has 1 unspecified atom stereocenters. The highest BCUT2D eigenvalue weighted by Gasteiger charge is 2.28. The maximum atomic E-state index is 12.3. The molecule has 0 saturated heterocycles. The zero-order chi connectivity index (χ0) is 15.7. The second kappa shape index (κ2) is 5.36. The molecule has 2 aromatic rings. The zero-order valence-electron chi connectivity index (χ0n) is 11.7. The molecular weight excluding hydrogens is 286 g/mol. The van der Waals surface area contributed by atoms with E-state index in [1.165, 1.54) is 13.2 Å². The van der Waals surface area contributed by atoms with Gasteiger partial charge in [0.2, 0.25) is 0 Å². The van der Waals surface area contributed by atoms with E-state index >= 15 is 0 Å². The number of aromatic nitrogens is 2. The minimum Gasteiger partial charge on any atom is -0.477 e. The van der Waals surface area contributed by atoms with Gasteiger partial charge < -0.3 is 15.2 Å². The maximum absolute atomic E-state index is 12.3. The van der Waals surface area contributed by atoms with Crippen LogP contribution in [0, 0.1) is 0 Å². The topological polar surface area (TPSA) is 104 Å². The number of methoxy groups -OCH3 is 1. The highest BCUT2D eigenvalue weighted by molar-refractivity contribution is 5.91. The summed E-state index contributed by atoms with van der Waals surface area (Å²) in [5.41, 5.74) is 0.767. The lowest BCUT2D eigenvalue weighted by Gasteiger charge is -2.23. The summed E-state index contributed by atoms with van der Waals surface area (Å²) < 4.78 is 4.92. The van der Waals surface area contributed by atoms with E-state index in [9.17, 15) is 14.7 Å². The number of carbonyl (C=O) groups is 1. The first kappa shape index (κ1) is 13.9. The van der Waals surface area contributed by atoms with E-state index in [1.54, 1.807) is 0 Å². The Morgan fingerprint density at radius 1 is 1.32 bits per heavy atom. The lowest BCUT2D eigenvalue weighted by molar-refractivity contribution is -0.132. The van der Waals surface area contributed by atoms with Gasteiger partial charge in [0.25, 0.3) is 11.6 Å². The largest absolute Gasteiger partial charge is 0.477 e. The number of nitrogens with one attached hydrogen (secondary N) is 2. The number of nitrogens with zero attached hydrogens (tertiary/aromatic N) is 1. The van der Waals surface area contributed by atoms with Gasteiger partial charge in [0.05, 0.1) is 12.7 Å². The van der Waals surface area contributed by atoms with Crippen molar-refractivity contribution in [3.63, 3.8) is 0 Å². The summed E-state index contributed by atoms with van der Waals surface area (Å²) in [6, 6.07) is 9.20. The third-order valence-corrected chi connectivity index (χ3v) is 3.41. The summed E-state index contributed by atoms with van der Waals surface area (Å²) in [5, 5.41) is 11.9. The van der Waals surface area contributed by atoms with E-state index in [2.05, 4.69) is 15.3 Å². The standard InChI is InChI=1S/C15H13N3O4/c1-22-15-17-12-11(13(19)18-15)9(7-10(16-12)14(20)21)8-5-3-2-4-6-8/h2-7,9H,1H3,(H,20,21)(H2,16,17,18,19). The van der Waals surface area contributed by atoms with Crippen molar-refractivity contribution in [2.24, 2.45) is 0 Å². The molecule has 0 spiro atoms. The van der Waals surface area contributed by atoms with Gasteiger partial charge in [-0.3, -0.25) is 9.78 Å². The molecule has 3 N–H and O–H groups in total. The second-order valence-corrected chi connectivity index (χ2v) is 4.74. The Morgan fingerprint density at radius 3 is 2.68 bits per heavy atom. The molecule has 1 aromatic heterocycles. The number of H-pyrrole nitrogens is 1. The summed E-state index contributed by atoms with van der Waals surface area (Å²) in [6.45, 7) is 0. The molecule has 112 valence electrons. The summed E-state index contributed by atoms with van der Waals surface area (Å²) in [7, 11) is 1.37. The molecule has 2 heterocycles. The Morgan fingerprint density at radius 2 is 2.05 bits per heavy atom. The molecule has 22 heavy (non-hydrogen) atoms. The summed E-state index contributed by atoms with van der Waals surface area (Å²) in [5.74, 6) is -1.42. The van der Waals surface area contributed by atoms with Crippen LogP contribution in [0.3, 0.4) is 0 Å². The summed E-state index contributed by atoms with van der Waals surface area (Å²) in [4.78, 5) is 30.2. The SMILES string of the molecule is COc1nc2c(c(=O)[nH]1)C(c1ccccc1)C=C(C(=O)O)N2. The number of fused-ring (bicyclic) bond motifs is 1. The first-order valence-corrected chi connectivity index (χ1v) is 6.55. The molecular formula is C15H13N3O4. The Labute approximate surface area is 125 Å². The molecule has 1 aliphatic heterocycles. The van der Waals surface area contributed by atoms with Crippen LogP contribution in [0.2, 0.25) is 0 Å². The van der Waals surface area contributed by atoms with Crippen molar-refractivity contribution < 1.29 is 14.6 Å². The number of aromatic amines is 1. The van der Waals surface area contributed by atoms with Crippen molar-refractivity contribution in [3.05, 3.63) is 63.6 Å². The molecule has 0 bridgehead atoms. The van der Waals surface area contributed by atoms with Gasteiger partial charge in [-0.05, 0) is 11.6 Å². The van der Waals surface area contributed by atoms with E-state index in [-0.39, 0.29) is 23.1 Å². The zero-order valence-corrected chi connectivity index (χ0v) is 11.7. The van der Waals surface area contributed by atoms with Crippen LogP contribution in [-0.4, -0.2) is 28.2 Å². The van der Waals surface area contributed by atoms with Gasteiger partial charge in [0.15, 0.2) is 0 Å². The molecule has 7 heteroatoms. The fourth-order valence-corrected chi connectivity index (χ4v) is 2.41. The van der Waals surface area contributed by atoms with Gasteiger partial charge in [-0.25, -0.2) is 4.79 Å². The molecule has 0 amide bonds. The smallest absolute Gasteiger partial charge is 0.352 e. The van der Waals surface area contributed by atoms with Gasteiger partial charge in [-0.15, -0.1) is 0 Å². The van der Waals surface area contributed by atoms with E-state index in [0.29, 0.717) is 5.56 Å². The minimum atomic E-state index is -1.12. The molecule has 0 fully saturated rings. The fourth-order valence-electron chi connectivity index (χ4n) is 2.41. The van der Waals surface area contributed by atoms with Crippen molar-refractivity contribution in [1.29, 1.82) is 0 Å². The number of carboxylic acid groups (broad SMARTS) is 1. The average Bonchev–Trinajstić information content (AvgIpc) is 2.54. The second-order valence-electron chi connectivity index (χ2n) is 4.74. The molecule has 1 aromatic carbocycles. The molecule has 1 aliphatic rings. The van der Waals surface area contributed by atoms with Crippen LogP contribution in [0.4, 0.5) is 5.82 Å². The Kier molecular flexibility index (Phi) is 3.38. The number of anilines is 1. The van der Waals surface area contributed by atoms with Crippen LogP contribution in [0.15, 0.2) is 46.9 Å². The quantitative estimate of drug-likeness (QED) is 0.789. The van der Waals surface area contributed by atoms with Gasteiger partial charge in [0.1, 0.15) is 11.5 Å². The van der Waals surface area contributed by atoms with Crippen LogP contribution < -0.4 is 15.6 Å². The Hall–Kier alpha value is -3.09. The van der Waals surface area contributed by atoms with Crippen molar-refractivity contribution >= 4 is 11.8 Å². The van der Waals surface area contributed by atoms with Crippen LogP contribution in [0.1, 0.15) is 17.0 Å². The summed E-state index contributed by atoms with van der Waals surface area (Å²) in [6.07, 6.45) is 1.50. The van der Waals surface area contributed by atoms with E-state index in [1.807, 2.05) is 30.3 Å². The van der Waals surface area contributed by atoms with E-state index in [4.69, 9.17) is 4.74 Å². The average molecular weight is 299 g/mol. The normalized spacial score (nSPS) is 16.2. The summed E-state index contributed by atoms with van der Waals surface area (Å²) >= 11 is 0. The third kappa shape index (κ3) is 2.32. The highest BCUT2D eigenvalue weighted by atomic mass is 16.5. The van der Waals surface area contributed by atoms with Gasteiger partial charge in [0, 0.05) is 5.92 Å². The van der Waals surface area contributed by atoms with E-state index in [0.717, 1.165) is 5.56 Å². The number of hydrogen-bond donors (Lipinski definition) is 3. The molecule has 0 saturated carbocycles. The molecule has 1 atom stereocenters. The van der Waals surface area contributed by atoms with Crippen molar-refractivity contribution in [1.82, 2.24) is 9.97 Å². The molecule has 3 rings (SSSR count). The number of benzene rings is 1. The number of rotatable bonds is 3. The minimum absolute atomic E-state index is 0.0229. The lowest BCUT2D eigenvalue weighted by Crippen LogP contribution is -2.27. The number of allylic oxidation sites excluding steroid dienone is 1. The van der Waals surface area contributed by atoms with Gasteiger partial charge >= 0.3 is 5.97 Å². The highest BCUT2D eigenvalue weighted by Crippen LogP contribution is 2.33. The van der Waals surface area contributed by atoms with Crippen molar-refractivity contribution in [2.75, 3.05) is 12.4 Å². The lowest BCUT2D eigenvalue weighted by atomic mass is 9.89. The monoisotopic (exact) mass is 299 g/mol. The van der Waals surface area contributed by atoms with Crippen molar-refractivity contribution in [2.45, 2.75) is 5.92 Å². The first-order chi connectivity index (χ1) is 10.6. The third-order valence-electron chi connectivity index (χ3n) is 3.41. The van der Waals surface area contributed by atoms with Gasteiger partial charge in [-0.2, -0.15) is 4.98 Å². The molecule has 0 aliphatic carbocycles. The Bertz CT molecular complexity index is 811. The number of hydrogen-bond acceptors (Lipinski definition) is 5. The molecule has 0 radical (unpaired) electrons. The molecule has 7 nitrogen and oxygen atoms in total. The number of carboxylic acids is 1. The van der Waals surface area contributed by atoms with Crippen LogP contribution in [-0.2, 0) is 4.79 Å². The predicted molar refractivity (Wildman–Crippen MR) is 79.0 cm³/mol. The van der Waals surface area contributed by atoms with E-state index < -0.39 is 11.9 Å². The first-order valence-electron chi connectivity index (χ1n) is 6.55. The van der Waals surface area contributed by atoms with Crippen LogP contribution in [0.25, 0.3) is 0 Å². The fraction of sp³-hybridized carbons (Fsp3) is 0.133. The van der Waals surface area contributed by atoms with Crippen molar-refractivity contribution in [3.8, 4) is 6.01 Å². The Balaban J connectivity index is 2.22. The van der Waals surface area contributed by atoms with Gasteiger partial charge in [-0.1, -0.05) is 30.3 Å². The van der Waals surface area contributed by atoms with Crippen LogP contribution in [0.5, 0.6) is 6.01 Å². The predicted octanol–water partition coefficient (Wildman–Crippen LogP) is 1.30.